The molecule has 2 heterocycles. The Balaban J connectivity index is 1.50. The van der Waals surface area contributed by atoms with Crippen molar-refractivity contribution in [3.63, 3.8) is 0 Å². The number of piperidine rings is 1. The average molecular weight is 468 g/mol. The van der Waals surface area contributed by atoms with Crippen molar-refractivity contribution >= 4 is 23.1 Å². The molecule has 9 heteroatoms. The zero-order valence-electron chi connectivity index (χ0n) is 18.2. The summed E-state index contributed by atoms with van der Waals surface area (Å²) in [6.45, 7) is 4.77. The fraction of sp³-hybridized carbons (Fsp3) is 0.565. The van der Waals surface area contributed by atoms with Crippen LogP contribution in [0.1, 0.15) is 25.7 Å². The van der Waals surface area contributed by atoms with Crippen molar-refractivity contribution in [2.75, 3.05) is 49.5 Å². The monoisotopic (exact) mass is 467 g/mol. The Morgan fingerprint density at radius 1 is 1.12 bits per heavy atom. The summed E-state index contributed by atoms with van der Waals surface area (Å²) < 4.78 is 40.8. The van der Waals surface area contributed by atoms with Crippen molar-refractivity contribution in [3.8, 4) is 0 Å². The van der Waals surface area contributed by atoms with Gasteiger partial charge in [0.15, 0.2) is 0 Å². The van der Waals surface area contributed by atoms with Crippen LogP contribution in [-0.4, -0.2) is 56.7 Å². The van der Waals surface area contributed by atoms with Crippen molar-refractivity contribution in [1.82, 2.24) is 10.6 Å². The molecule has 5 nitrogen and oxygen atoms in total. The van der Waals surface area contributed by atoms with E-state index in [1.807, 2.05) is 0 Å². The van der Waals surface area contributed by atoms with Crippen molar-refractivity contribution in [1.29, 1.82) is 0 Å². The van der Waals surface area contributed by atoms with E-state index < -0.39 is 11.7 Å². The van der Waals surface area contributed by atoms with E-state index in [0.717, 1.165) is 48.9 Å². The molecular weight excluding hydrogens is 435 g/mol. The molecule has 0 saturated carbocycles. The number of alkyl halides is 3. The van der Waals surface area contributed by atoms with E-state index in [1.165, 1.54) is 43.2 Å². The molecule has 2 aliphatic heterocycles. The second kappa shape index (κ2) is 10.4. The molecule has 0 aromatic heterocycles. The first-order valence-electron chi connectivity index (χ1n) is 11.4. The van der Waals surface area contributed by atoms with Gasteiger partial charge in [-0.1, -0.05) is 6.08 Å². The third kappa shape index (κ3) is 5.55. The standard InChI is InChI=1S/C23H32F3N5S/c24-23(25,26)16-13-19(29-9-4-8-28-10-7-27)22-21(14-16)32-20-15-17(5-6-18(20)30-22)31-11-2-1-3-12-31/h5-6,13-15,21-22,28-30H,1-4,7-12,27H2. The van der Waals surface area contributed by atoms with Crippen LogP contribution < -0.4 is 26.6 Å². The third-order valence-corrected chi connectivity index (χ3v) is 7.36. The van der Waals surface area contributed by atoms with E-state index in [-0.39, 0.29) is 11.3 Å². The molecule has 0 amide bonds. The minimum atomic E-state index is -4.36. The highest BCUT2D eigenvalue weighted by molar-refractivity contribution is 8.00. The number of rotatable bonds is 8. The molecule has 32 heavy (non-hydrogen) atoms. The Morgan fingerprint density at radius 3 is 2.69 bits per heavy atom. The highest BCUT2D eigenvalue weighted by Crippen LogP contribution is 2.45. The molecule has 0 spiro atoms. The number of hydrogen-bond acceptors (Lipinski definition) is 6. The summed E-state index contributed by atoms with van der Waals surface area (Å²) in [6, 6.07) is 6.11. The largest absolute Gasteiger partial charge is 0.416 e. The first kappa shape index (κ1) is 23.3. The topological polar surface area (TPSA) is 65.3 Å². The zero-order chi connectivity index (χ0) is 22.6. The molecule has 3 aliphatic rings. The molecule has 5 N–H and O–H groups in total. The Kier molecular flexibility index (Phi) is 7.58. The van der Waals surface area contributed by atoms with Gasteiger partial charge in [-0.05, 0) is 56.5 Å². The molecule has 4 rings (SSSR count). The lowest BCUT2D eigenvalue weighted by Crippen LogP contribution is -2.43. The van der Waals surface area contributed by atoms with Gasteiger partial charge in [-0.2, -0.15) is 13.2 Å². The Labute approximate surface area is 192 Å². The van der Waals surface area contributed by atoms with E-state index in [9.17, 15) is 13.2 Å². The van der Waals surface area contributed by atoms with Gasteiger partial charge in [0, 0.05) is 54.7 Å². The van der Waals surface area contributed by atoms with Crippen LogP contribution in [0, 0.1) is 0 Å². The molecule has 1 fully saturated rings. The molecule has 1 aromatic carbocycles. The second-order valence-electron chi connectivity index (χ2n) is 8.47. The predicted molar refractivity (Wildman–Crippen MR) is 126 cm³/mol. The molecule has 1 aromatic rings. The molecule has 1 aliphatic carbocycles. The van der Waals surface area contributed by atoms with E-state index in [1.54, 1.807) is 0 Å². The highest BCUT2D eigenvalue weighted by atomic mass is 32.2. The van der Waals surface area contributed by atoms with Gasteiger partial charge in [0.1, 0.15) is 0 Å². The molecule has 0 bridgehead atoms. The minimum absolute atomic E-state index is 0.212. The van der Waals surface area contributed by atoms with Crippen LogP contribution in [0.5, 0.6) is 0 Å². The maximum absolute atomic E-state index is 13.6. The highest BCUT2D eigenvalue weighted by Gasteiger charge is 2.40. The lowest BCUT2D eigenvalue weighted by molar-refractivity contribution is -0.0887. The van der Waals surface area contributed by atoms with Gasteiger partial charge in [-0.3, -0.25) is 0 Å². The normalized spacial score (nSPS) is 22.9. The van der Waals surface area contributed by atoms with Crippen molar-refractivity contribution in [3.05, 3.63) is 41.6 Å². The number of benzene rings is 1. The van der Waals surface area contributed by atoms with Gasteiger partial charge >= 0.3 is 6.18 Å². The SMILES string of the molecule is NCCNCCCNC1=CC(C(F)(F)F)=CC2Sc3cc(N4CCCCC4)ccc3NC12. The summed E-state index contributed by atoms with van der Waals surface area (Å²) >= 11 is 1.52. The van der Waals surface area contributed by atoms with Crippen LogP contribution in [0.4, 0.5) is 24.5 Å². The van der Waals surface area contributed by atoms with E-state index in [2.05, 4.69) is 39.0 Å². The number of nitrogens with zero attached hydrogens (tertiary/aromatic N) is 1. The predicted octanol–water partition coefficient (Wildman–Crippen LogP) is 3.85. The summed E-state index contributed by atoms with van der Waals surface area (Å²) in [5.41, 5.74) is 7.63. The Hall–Kier alpha value is -1.84. The average Bonchev–Trinajstić information content (AvgIpc) is 2.79. The number of hydrogen-bond donors (Lipinski definition) is 4. The molecule has 176 valence electrons. The van der Waals surface area contributed by atoms with Crippen LogP contribution in [0.3, 0.4) is 0 Å². The first-order valence-corrected chi connectivity index (χ1v) is 12.3. The first-order chi connectivity index (χ1) is 15.5. The number of nitrogens with one attached hydrogen (secondary N) is 3. The van der Waals surface area contributed by atoms with Crippen LogP contribution in [0.15, 0.2) is 46.5 Å². The zero-order valence-corrected chi connectivity index (χ0v) is 19.0. The summed E-state index contributed by atoms with van der Waals surface area (Å²) in [5.74, 6) is 0. The van der Waals surface area contributed by atoms with Crippen LogP contribution >= 0.6 is 11.8 Å². The van der Waals surface area contributed by atoms with Gasteiger partial charge in [0.25, 0.3) is 0 Å². The number of anilines is 2. The third-order valence-electron chi connectivity index (χ3n) is 6.09. The molecular formula is C23H32F3N5S. The molecule has 2 unspecified atom stereocenters. The number of fused-ring (bicyclic) bond motifs is 2. The quantitative estimate of drug-likeness (QED) is 0.436. The summed E-state index contributed by atoms with van der Waals surface area (Å²) in [4.78, 5) is 3.39. The number of thioether (sulfide) groups is 1. The van der Waals surface area contributed by atoms with Crippen LogP contribution in [0.2, 0.25) is 0 Å². The number of allylic oxidation sites excluding steroid dienone is 2. The molecule has 0 radical (unpaired) electrons. The molecule has 2 atom stereocenters. The fourth-order valence-corrected chi connectivity index (χ4v) is 5.72. The van der Waals surface area contributed by atoms with E-state index in [0.29, 0.717) is 18.8 Å². The summed E-state index contributed by atoms with van der Waals surface area (Å²) in [6.07, 6.45) is 2.71. The maximum Gasteiger partial charge on any atom is 0.416 e. The Morgan fingerprint density at radius 2 is 1.94 bits per heavy atom. The lowest BCUT2D eigenvalue weighted by atomic mass is 9.97. The lowest BCUT2D eigenvalue weighted by Gasteiger charge is -2.38. The molecule has 1 saturated heterocycles. The number of halogens is 3. The van der Waals surface area contributed by atoms with Gasteiger partial charge in [0.2, 0.25) is 0 Å². The number of nitrogens with two attached hydrogens (primary N) is 1. The smallest absolute Gasteiger partial charge is 0.387 e. The van der Waals surface area contributed by atoms with E-state index in [4.69, 9.17) is 5.73 Å². The summed E-state index contributed by atoms with van der Waals surface area (Å²) in [7, 11) is 0. The van der Waals surface area contributed by atoms with Gasteiger partial charge in [0.05, 0.1) is 16.9 Å². The van der Waals surface area contributed by atoms with E-state index >= 15 is 0 Å². The minimum Gasteiger partial charge on any atom is -0.387 e. The van der Waals surface area contributed by atoms with Crippen molar-refractivity contribution < 1.29 is 13.2 Å². The van der Waals surface area contributed by atoms with Gasteiger partial charge < -0.3 is 26.6 Å². The second-order valence-corrected chi connectivity index (χ2v) is 9.69. The van der Waals surface area contributed by atoms with Crippen LogP contribution in [0.25, 0.3) is 0 Å². The Bertz CT molecular complexity index is 849. The van der Waals surface area contributed by atoms with Crippen LogP contribution in [-0.2, 0) is 0 Å². The van der Waals surface area contributed by atoms with Crippen molar-refractivity contribution in [2.24, 2.45) is 5.73 Å². The van der Waals surface area contributed by atoms with Crippen molar-refractivity contribution in [2.45, 2.75) is 48.0 Å². The summed E-state index contributed by atoms with van der Waals surface area (Å²) in [5, 5.41) is 9.64. The van der Waals surface area contributed by atoms with Gasteiger partial charge in [-0.15, -0.1) is 11.8 Å². The van der Waals surface area contributed by atoms with Gasteiger partial charge in [-0.25, -0.2) is 0 Å². The fourth-order valence-electron chi connectivity index (χ4n) is 4.42. The maximum atomic E-state index is 13.6.